The Morgan fingerprint density at radius 2 is 0.546 bits per heavy atom. The summed E-state index contributed by atoms with van der Waals surface area (Å²) < 4.78 is 2.58. The van der Waals surface area contributed by atoms with Crippen LogP contribution in [0.5, 0.6) is 0 Å². The quantitative estimate of drug-likeness (QED) is 0.126. The molecule has 4 heteroatoms. The first-order valence-corrected chi connectivity index (χ1v) is 38.7. The molecule has 0 aliphatic carbocycles. The summed E-state index contributed by atoms with van der Waals surface area (Å²) in [4.78, 5) is 5.47. The molecule has 0 saturated heterocycles. The molecule has 108 heavy (non-hydrogen) atoms. The van der Waals surface area contributed by atoms with Crippen molar-refractivity contribution in [3.8, 4) is 83.6 Å². The highest BCUT2D eigenvalue weighted by molar-refractivity contribution is 7.00. The topological polar surface area (TPSA) is 11.4 Å². The molecular weight excluding hydrogens is 1300 g/mol. The van der Waals surface area contributed by atoms with Crippen molar-refractivity contribution in [2.75, 3.05) is 9.80 Å². The molecule has 1 aromatic heterocycles. The maximum absolute atomic E-state index is 2.74. The largest absolute Gasteiger partial charge is 0.310 e. The van der Waals surface area contributed by atoms with Crippen LogP contribution < -0.4 is 26.2 Å². The lowest BCUT2D eigenvalue weighted by Crippen LogP contribution is -2.61. The molecule has 14 aromatic carbocycles. The van der Waals surface area contributed by atoms with Gasteiger partial charge in [-0.2, -0.15) is 0 Å². The van der Waals surface area contributed by atoms with E-state index in [-0.39, 0.29) is 33.8 Å². The summed E-state index contributed by atoms with van der Waals surface area (Å²) in [6.07, 6.45) is 0. The molecule has 3 heterocycles. The molecule has 3 nitrogen and oxygen atoms in total. The fourth-order valence-electron chi connectivity index (χ4n) is 16.9. The Hall–Kier alpha value is -11.5. The van der Waals surface area contributed by atoms with E-state index in [2.05, 4.69) is 428 Å². The minimum Gasteiger partial charge on any atom is -0.310 e. The van der Waals surface area contributed by atoms with Gasteiger partial charge in [0, 0.05) is 61.5 Å². The normalized spacial score (nSPS) is 13.1. The molecule has 15 aromatic rings. The number of anilines is 6. The number of rotatable bonds is 10. The average molecular weight is 1400 g/mol. The van der Waals surface area contributed by atoms with Gasteiger partial charge >= 0.3 is 0 Å². The van der Waals surface area contributed by atoms with Crippen LogP contribution >= 0.6 is 0 Å². The van der Waals surface area contributed by atoms with E-state index in [0.29, 0.717) is 0 Å². The van der Waals surface area contributed by atoms with Crippen LogP contribution in [0.3, 0.4) is 0 Å². The van der Waals surface area contributed by atoms with Crippen LogP contribution in [0.25, 0.3) is 105 Å². The van der Waals surface area contributed by atoms with Crippen molar-refractivity contribution in [3.63, 3.8) is 0 Å². The van der Waals surface area contributed by atoms with Crippen molar-refractivity contribution in [3.05, 3.63) is 337 Å². The van der Waals surface area contributed by atoms with Crippen molar-refractivity contribution < 1.29 is 0 Å². The Kier molecular flexibility index (Phi) is 16.9. The molecule has 0 amide bonds. The summed E-state index contributed by atoms with van der Waals surface area (Å²) >= 11 is 0. The van der Waals surface area contributed by atoms with Crippen molar-refractivity contribution >= 4 is 79.0 Å². The summed E-state index contributed by atoms with van der Waals surface area (Å²) in [6, 6.07) is 119. The van der Waals surface area contributed by atoms with Gasteiger partial charge in [-0.25, -0.2) is 0 Å². The molecule has 0 spiro atoms. The van der Waals surface area contributed by atoms with E-state index < -0.39 is 0 Å². The zero-order valence-corrected chi connectivity index (χ0v) is 65.4. The monoisotopic (exact) mass is 1400 g/mol. The van der Waals surface area contributed by atoms with Gasteiger partial charge in [0.1, 0.15) is 0 Å². The summed E-state index contributed by atoms with van der Waals surface area (Å²) in [5.74, 6) is 0. The molecule has 0 saturated carbocycles. The Bertz CT molecular complexity index is 5760. The van der Waals surface area contributed by atoms with Crippen molar-refractivity contribution in [2.24, 2.45) is 0 Å². The Labute approximate surface area is 641 Å². The molecular formula is C104H96BN3. The second kappa shape index (κ2) is 26.2. The predicted octanol–water partition coefficient (Wildman–Crippen LogP) is 27.0. The number of fused-ring (bicyclic) bond motifs is 7. The van der Waals surface area contributed by atoms with E-state index in [9.17, 15) is 0 Å². The van der Waals surface area contributed by atoms with Gasteiger partial charge in [-0.3, -0.25) is 0 Å². The Morgan fingerprint density at radius 3 is 0.907 bits per heavy atom. The first-order chi connectivity index (χ1) is 51.7. The average Bonchev–Trinajstić information content (AvgIpc) is 0.724. The molecule has 2 aliphatic heterocycles. The Balaban J connectivity index is 1.10. The van der Waals surface area contributed by atoms with Crippen LogP contribution in [0.1, 0.15) is 132 Å². The fraction of sp³-hybridized carbons (Fsp3) is 0.192. The third-order valence-corrected chi connectivity index (χ3v) is 22.9. The zero-order chi connectivity index (χ0) is 74.9. The van der Waals surface area contributed by atoms with E-state index in [1.54, 1.807) is 0 Å². The maximum atomic E-state index is 2.74. The van der Waals surface area contributed by atoms with Gasteiger partial charge in [0.15, 0.2) is 0 Å². The molecule has 0 unspecified atom stereocenters. The molecule has 0 bridgehead atoms. The zero-order valence-electron chi connectivity index (χ0n) is 65.4. The number of benzene rings is 14. The molecule has 0 radical (unpaired) electrons. The number of nitrogens with zero attached hydrogens (tertiary/aromatic N) is 3. The lowest BCUT2D eigenvalue weighted by Gasteiger charge is -2.46. The van der Waals surface area contributed by atoms with Gasteiger partial charge in [-0.05, 0) is 212 Å². The summed E-state index contributed by atoms with van der Waals surface area (Å²) in [5.41, 5.74) is 36.0. The van der Waals surface area contributed by atoms with E-state index in [0.717, 1.165) is 112 Å². The first-order valence-electron chi connectivity index (χ1n) is 38.7. The first kappa shape index (κ1) is 69.6. The van der Waals surface area contributed by atoms with Crippen molar-refractivity contribution in [1.82, 2.24) is 4.57 Å². The molecule has 0 atom stereocenters. The van der Waals surface area contributed by atoms with E-state index >= 15 is 0 Å². The SMILES string of the molecule is CC(C)(C)c1ccc(-c2cc3c4c(c2)N(c2c(-c5ccccc5)cc(C(C)(C)C)cc2-c2ccccc2)c2cc(-c5ccccc5)c(-c5ccccc5)cc2B4c2cc(-n4c5ccc(C(C)(C)C)cc5c5cc(C(C)(C)C)ccc54)ccc2N3c2c(-c3ccccc3)cc(C(C)(C)C)cc2-c2ccccc2)cc1. The third-order valence-electron chi connectivity index (χ3n) is 22.9. The minimum atomic E-state index is -0.325. The van der Waals surface area contributed by atoms with E-state index in [1.807, 2.05) is 0 Å². The highest BCUT2D eigenvalue weighted by atomic mass is 15.2. The van der Waals surface area contributed by atoms with Gasteiger partial charge in [0.05, 0.1) is 22.4 Å². The fourth-order valence-corrected chi connectivity index (χ4v) is 16.9. The summed E-state index contributed by atoms with van der Waals surface area (Å²) in [7, 11) is 0. The van der Waals surface area contributed by atoms with Crippen molar-refractivity contribution in [2.45, 2.75) is 131 Å². The van der Waals surface area contributed by atoms with Crippen LogP contribution in [0, 0.1) is 0 Å². The van der Waals surface area contributed by atoms with Crippen LogP contribution in [-0.4, -0.2) is 11.3 Å². The molecule has 0 N–H and O–H groups in total. The molecule has 530 valence electrons. The highest BCUT2D eigenvalue weighted by Crippen LogP contribution is 2.56. The number of aromatic nitrogens is 1. The van der Waals surface area contributed by atoms with E-state index in [1.165, 1.54) is 71.6 Å². The maximum Gasteiger partial charge on any atom is 0.252 e. The van der Waals surface area contributed by atoms with Gasteiger partial charge in [-0.1, -0.05) is 328 Å². The van der Waals surface area contributed by atoms with Crippen LogP contribution in [0.4, 0.5) is 34.1 Å². The number of hydrogen-bond acceptors (Lipinski definition) is 2. The van der Waals surface area contributed by atoms with Gasteiger partial charge in [0.2, 0.25) is 0 Å². The Morgan fingerprint density at radius 1 is 0.222 bits per heavy atom. The second-order valence-corrected chi connectivity index (χ2v) is 35.4. The smallest absolute Gasteiger partial charge is 0.252 e. The third kappa shape index (κ3) is 12.3. The highest BCUT2D eigenvalue weighted by Gasteiger charge is 2.47. The molecule has 0 fully saturated rings. The van der Waals surface area contributed by atoms with E-state index in [4.69, 9.17) is 0 Å². The van der Waals surface area contributed by atoms with Crippen LogP contribution in [-0.2, 0) is 27.1 Å². The lowest BCUT2D eigenvalue weighted by molar-refractivity contribution is 0.590. The second-order valence-electron chi connectivity index (χ2n) is 35.4. The molecule has 17 rings (SSSR count). The van der Waals surface area contributed by atoms with Crippen LogP contribution in [0.2, 0.25) is 0 Å². The summed E-state index contributed by atoms with van der Waals surface area (Å²) in [5, 5.41) is 2.52. The van der Waals surface area contributed by atoms with Gasteiger partial charge in [0.25, 0.3) is 6.71 Å². The standard InChI is InChI=1S/C104H96BN3/c1-100(2,3)75-48-46-67(47-49-75)74-56-95-97-96(57-74)108(99-85(72-42-30-20-31-43-72)62-79(104(13,14)15)63-86(99)73-44-32-21-33-45-73)94-66-82(69-36-24-17-25-37-69)81(68-34-22-16-23-35-68)65-90(94)105(97)89-64-80(106-91-53-50-76(101(4,5)6)58-87(91)88-59-77(102(7,8)9)51-54-92(88)106)52-55-93(89)107(95)98-83(70-38-26-18-27-39-70)60-78(103(10,11)12)61-84(98)71-40-28-19-29-41-71/h16-66H,1-15H3. The van der Waals surface area contributed by atoms with Gasteiger partial charge in [-0.15, -0.1) is 0 Å². The van der Waals surface area contributed by atoms with Crippen LogP contribution in [0.15, 0.2) is 309 Å². The lowest BCUT2D eigenvalue weighted by atomic mass is 9.33. The minimum absolute atomic E-state index is 0.0612. The van der Waals surface area contributed by atoms with Gasteiger partial charge < -0.3 is 14.4 Å². The predicted molar refractivity (Wildman–Crippen MR) is 466 cm³/mol. The number of hydrogen-bond donors (Lipinski definition) is 0. The molecule has 2 aliphatic rings. The summed E-state index contributed by atoms with van der Waals surface area (Å²) in [6.45, 7) is 34.8. The van der Waals surface area contributed by atoms with Crippen molar-refractivity contribution in [1.29, 1.82) is 0 Å².